The van der Waals surface area contributed by atoms with E-state index in [1.165, 1.54) is 4.90 Å². The molecule has 1 amide bonds. The number of nitrogens with one attached hydrogen (secondary N) is 1. The van der Waals surface area contributed by atoms with Crippen molar-refractivity contribution in [3.05, 3.63) is 34.2 Å². The number of carbonyl (C=O) groups excluding carboxylic acids is 1. The molecular formula is C18H21N3O5. The van der Waals surface area contributed by atoms with Crippen LogP contribution in [-0.2, 0) is 9.53 Å². The second-order valence-electron chi connectivity index (χ2n) is 6.92. The maximum atomic E-state index is 12.7. The molecular weight excluding hydrogens is 338 g/mol. The number of rotatable bonds is 3. The summed E-state index contributed by atoms with van der Waals surface area (Å²) < 4.78 is 6.96. The van der Waals surface area contributed by atoms with Gasteiger partial charge in [-0.25, -0.2) is 9.59 Å². The predicted molar refractivity (Wildman–Crippen MR) is 93.3 cm³/mol. The molecule has 1 unspecified atom stereocenters. The van der Waals surface area contributed by atoms with Gasteiger partial charge >= 0.3 is 11.7 Å². The summed E-state index contributed by atoms with van der Waals surface area (Å²) in [6.07, 6.45) is 3.25. The number of hydrogen-bond donors (Lipinski definition) is 2. The van der Waals surface area contributed by atoms with E-state index < -0.39 is 12.1 Å². The van der Waals surface area contributed by atoms with Crippen LogP contribution in [-0.4, -0.2) is 57.2 Å². The van der Waals surface area contributed by atoms with Gasteiger partial charge in [-0.05, 0) is 31.0 Å². The number of fused-ring (bicyclic) bond motifs is 1. The molecule has 1 aliphatic carbocycles. The maximum Gasteiger partial charge on any atom is 0.334 e. The number of aromatic amines is 1. The Labute approximate surface area is 149 Å². The summed E-state index contributed by atoms with van der Waals surface area (Å²) in [4.78, 5) is 40.5. The second kappa shape index (κ2) is 6.60. The first-order valence-corrected chi connectivity index (χ1v) is 8.92. The van der Waals surface area contributed by atoms with E-state index in [0.29, 0.717) is 17.6 Å². The van der Waals surface area contributed by atoms with E-state index in [1.807, 2.05) is 0 Å². The number of carboxylic acid groups (broad SMARTS) is 1. The first-order chi connectivity index (χ1) is 12.5. The predicted octanol–water partition coefficient (Wildman–Crippen LogP) is 1.37. The lowest BCUT2D eigenvalue weighted by atomic mass is 10.1. The molecule has 1 aromatic carbocycles. The Morgan fingerprint density at radius 1 is 1.23 bits per heavy atom. The van der Waals surface area contributed by atoms with Crippen LogP contribution < -0.4 is 5.69 Å². The molecule has 1 aromatic heterocycles. The summed E-state index contributed by atoms with van der Waals surface area (Å²) in [6, 6.07) is 5.39. The van der Waals surface area contributed by atoms with Crippen LogP contribution in [0.3, 0.4) is 0 Å². The van der Waals surface area contributed by atoms with Gasteiger partial charge in [0.05, 0.1) is 24.2 Å². The molecule has 1 saturated carbocycles. The zero-order valence-electron chi connectivity index (χ0n) is 14.3. The van der Waals surface area contributed by atoms with Gasteiger partial charge in [0.15, 0.2) is 6.10 Å². The molecule has 0 bridgehead atoms. The monoisotopic (exact) mass is 359 g/mol. The zero-order valence-corrected chi connectivity index (χ0v) is 14.3. The highest BCUT2D eigenvalue weighted by Gasteiger charge is 2.30. The van der Waals surface area contributed by atoms with Gasteiger partial charge in [0.1, 0.15) is 0 Å². The number of amides is 1. The highest BCUT2D eigenvalue weighted by atomic mass is 16.5. The lowest BCUT2D eigenvalue weighted by Crippen LogP contribution is -2.48. The molecule has 1 aliphatic heterocycles. The summed E-state index contributed by atoms with van der Waals surface area (Å²) in [5, 5.41) is 9.08. The van der Waals surface area contributed by atoms with Crippen molar-refractivity contribution < 1.29 is 19.4 Å². The van der Waals surface area contributed by atoms with Gasteiger partial charge in [-0.15, -0.1) is 0 Å². The van der Waals surface area contributed by atoms with Crippen LogP contribution in [0.5, 0.6) is 0 Å². The Balaban J connectivity index is 1.62. The van der Waals surface area contributed by atoms with Gasteiger partial charge in [0.25, 0.3) is 5.91 Å². The van der Waals surface area contributed by atoms with E-state index in [9.17, 15) is 14.4 Å². The van der Waals surface area contributed by atoms with Gasteiger partial charge in [-0.1, -0.05) is 12.8 Å². The normalized spacial score (nSPS) is 21.4. The number of aliphatic carboxylic acids is 1. The number of carbonyl (C=O) groups is 2. The third-order valence-electron chi connectivity index (χ3n) is 5.28. The Kier molecular flexibility index (Phi) is 4.28. The summed E-state index contributed by atoms with van der Waals surface area (Å²) in [7, 11) is 0. The summed E-state index contributed by atoms with van der Waals surface area (Å²) in [6.45, 7) is 0.561. The van der Waals surface area contributed by atoms with E-state index in [2.05, 4.69) is 4.98 Å². The van der Waals surface area contributed by atoms with Crippen molar-refractivity contribution in [3.63, 3.8) is 0 Å². The van der Waals surface area contributed by atoms with Crippen LogP contribution in [0, 0.1) is 0 Å². The maximum absolute atomic E-state index is 12.7. The van der Waals surface area contributed by atoms with Gasteiger partial charge in [0.2, 0.25) is 0 Å². The SMILES string of the molecule is O=C(O)C1CN(C(=O)c2ccc3c(c2)[nH]c(=O)n3C2CCCC2)CCO1. The smallest absolute Gasteiger partial charge is 0.334 e. The second-order valence-corrected chi connectivity index (χ2v) is 6.92. The number of hydrogen-bond acceptors (Lipinski definition) is 4. The average Bonchev–Trinajstić information content (AvgIpc) is 3.27. The molecule has 2 heterocycles. The molecule has 1 atom stereocenters. The number of benzene rings is 1. The molecule has 1 saturated heterocycles. The molecule has 26 heavy (non-hydrogen) atoms. The fourth-order valence-corrected chi connectivity index (χ4v) is 3.95. The minimum atomic E-state index is -1.07. The molecule has 4 rings (SSSR count). The Morgan fingerprint density at radius 3 is 2.73 bits per heavy atom. The van der Waals surface area contributed by atoms with Crippen molar-refractivity contribution in [2.45, 2.75) is 37.8 Å². The first-order valence-electron chi connectivity index (χ1n) is 8.92. The lowest BCUT2D eigenvalue weighted by Gasteiger charge is -2.30. The number of ether oxygens (including phenoxy) is 1. The summed E-state index contributed by atoms with van der Waals surface area (Å²) in [5.41, 5.74) is 1.73. The number of morpholine rings is 1. The lowest BCUT2D eigenvalue weighted by molar-refractivity contribution is -0.154. The molecule has 8 heteroatoms. The Morgan fingerprint density at radius 2 is 2.00 bits per heavy atom. The van der Waals surface area contributed by atoms with Crippen LogP contribution in [0.1, 0.15) is 42.1 Å². The number of H-pyrrole nitrogens is 1. The molecule has 8 nitrogen and oxygen atoms in total. The van der Waals surface area contributed by atoms with Crippen LogP contribution in [0.4, 0.5) is 0 Å². The Hall–Kier alpha value is -2.61. The standard InChI is InChI=1S/C18H21N3O5/c22-16(20-7-8-26-15(10-20)17(23)24)11-5-6-14-13(9-11)19-18(25)21(14)12-3-1-2-4-12/h5-6,9,12,15H,1-4,7-8,10H2,(H,19,25)(H,23,24). The van der Waals surface area contributed by atoms with Crippen molar-refractivity contribution >= 4 is 22.9 Å². The largest absolute Gasteiger partial charge is 0.479 e. The third-order valence-corrected chi connectivity index (χ3v) is 5.28. The van der Waals surface area contributed by atoms with Crippen LogP contribution in [0.25, 0.3) is 11.0 Å². The first kappa shape index (κ1) is 16.8. The van der Waals surface area contributed by atoms with Crippen LogP contribution >= 0.6 is 0 Å². The fourth-order valence-electron chi connectivity index (χ4n) is 3.95. The number of imidazole rings is 1. The number of aromatic nitrogens is 2. The molecule has 2 aromatic rings. The molecule has 0 spiro atoms. The highest BCUT2D eigenvalue weighted by Crippen LogP contribution is 2.30. The zero-order chi connectivity index (χ0) is 18.3. The minimum Gasteiger partial charge on any atom is -0.479 e. The minimum absolute atomic E-state index is 0.0197. The molecule has 2 aliphatic rings. The van der Waals surface area contributed by atoms with Crippen LogP contribution in [0.15, 0.2) is 23.0 Å². The third kappa shape index (κ3) is 2.90. The summed E-state index contributed by atoms with van der Waals surface area (Å²) >= 11 is 0. The quantitative estimate of drug-likeness (QED) is 0.861. The Bertz CT molecular complexity index is 909. The van der Waals surface area contributed by atoms with E-state index in [0.717, 1.165) is 31.2 Å². The molecule has 2 N–H and O–H groups in total. The average molecular weight is 359 g/mol. The van der Waals surface area contributed by atoms with Gasteiger partial charge in [0, 0.05) is 18.2 Å². The molecule has 0 radical (unpaired) electrons. The number of nitrogens with zero attached hydrogens (tertiary/aromatic N) is 2. The van der Waals surface area contributed by atoms with E-state index in [1.54, 1.807) is 22.8 Å². The fraction of sp³-hybridized carbons (Fsp3) is 0.500. The van der Waals surface area contributed by atoms with Crippen LogP contribution in [0.2, 0.25) is 0 Å². The molecule has 138 valence electrons. The van der Waals surface area contributed by atoms with Gasteiger partial charge in [-0.2, -0.15) is 0 Å². The van der Waals surface area contributed by atoms with Crippen molar-refractivity contribution in [1.82, 2.24) is 14.5 Å². The number of carboxylic acids is 1. The van der Waals surface area contributed by atoms with Gasteiger partial charge < -0.3 is 19.7 Å². The van der Waals surface area contributed by atoms with E-state index >= 15 is 0 Å². The van der Waals surface area contributed by atoms with Crippen molar-refractivity contribution in [3.8, 4) is 0 Å². The van der Waals surface area contributed by atoms with E-state index in [4.69, 9.17) is 9.84 Å². The topological polar surface area (TPSA) is 105 Å². The van der Waals surface area contributed by atoms with Gasteiger partial charge in [-0.3, -0.25) is 9.36 Å². The van der Waals surface area contributed by atoms with Crippen molar-refractivity contribution in [2.75, 3.05) is 19.7 Å². The summed E-state index contributed by atoms with van der Waals surface area (Å²) in [5.74, 6) is -1.33. The highest BCUT2D eigenvalue weighted by molar-refractivity contribution is 5.97. The van der Waals surface area contributed by atoms with Crippen molar-refractivity contribution in [2.24, 2.45) is 0 Å². The molecule has 2 fully saturated rings. The van der Waals surface area contributed by atoms with Crippen molar-refractivity contribution in [1.29, 1.82) is 0 Å². The van der Waals surface area contributed by atoms with E-state index in [-0.39, 0.29) is 30.8 Å².